The summed E-state index contributed by atoms with van der Waals surface area (Å²) in [6.45, 7) is 5.33. The smallest absolute Gasteiger partial charge is 0.163 e. The van der Waals surface area contributed by atoms with Crippen LogP contribution in [0.15, 0.2) is 36.7 Å². The topological polar surface area (TPSA) is 30.7 Å². The van der Waals surface area contributed by atoms with Crippen LogP contribution in [0.5, 0.6) is 0 Å². The summed E-state index contributed by atoms with van der Waals surface area (Å²) < 4.78 is 2.10. The van der Waals surface area contributed by atoms with Crippen LogP contribution in [-0.4, -0.2) is 14.8 Å². The van der Waals surface area contributed by atoms with Gasteiger partial charge >= 0.3 is 0 Å². The number of rotatable bonds is 3. The Morgan fingerprint density at radius 3 is 2.60 bits per heavy atom. The lowest BCUT2D eigenvalue weighted by Crippen LogP contribution is -2.04. The van der Waals surface area contributed by atoms with Crippen LogP contribution in [-0.2, 0) is 6.54 Å². The molecule has 0 radical (unpaired) electrons. The lowest BCUT2D eigenvalue weighted by Gasteiger charge is -2.08. The molecular formula is C12H15N3. The van der Waals surface area contributed by atoms with Crippen molar-refractivity contribution in [1.29, 1.82) is 0 Å². The van der Waals surface area contributed by atoms with E-state index in [1.807, 2.05) is 18.2 Å². The van der Waals surface area contributed by atoms with E-state index in [0.717, 1.165) is 17.9 Å². The average molecular weight is 201 g/mol. The molecule has 0 atom stereocenters. The molecule has 0 N–H and O–H groups in total. The molecule has 3 nitrogen and oxygen atoms in total. The highest BCUT2D eigenvalue weighted by Crippen LogP contribution is 2.16. The van der Waals surface area contributed by atoms with E-state index < -0.39 is 0 Å². The van der Waals surface area contributed by atoms with Gasteiger partial charge in [0.05, 0.1) is 0 Å². The Kier molecular flexibility index (Phi) is 2.81. The molecular weight excluding hydrogens is 186 g/mol. The molecule has 1 aromatic heterocycles. The van der Waals surface area contributed by atoms with Gasteiger partial charge in [0.15, 0.2) is 5.82 Å². The SMILES string of the molecule is CC(C)Cn1cnnc1-c1ccccc1. The normalized spacial score (nSPS) is 10.9. The van der Waals surface area contributed by atoms with Gasteiger partial charge in [0.2, 0.25) is 0 Å². The third-order valence-electron chi connectivity index (χ3n) is 2.21. The minimum absolute atomic E-state index is 0.600. The van der Waals surface area contributed by atoms with Crippen LogP contribution in [0, 0.1) is 5.92 Å². The number of hydrogen-bond acceptors (Lipinski definition) is 2. The fraction of sp³-hybridized carbons (Fsp3) is 0.333. The van der Waals surface area contributed by atoms with E-state index in [4.69, 9.17) is 0 Å². The minimum atomic E-state index is 0.600. The zero-order valence-corrected chi connectivity index (χ0v) is 9.09. The first-order valence-electron chi connectivity index (χ1n) is 5.20. The van der Waals surface area contributed by atoms with Gasteiger partial charge in [0.25, 0.3) is 0 Å². The standard InChI is InChI=1S/C12H15N3/c1-10(2)8-15-9-13-14-12(15)11-6-4-3-5-7-11/h3-7,9-10H,8H2,1-2H3. The third kappa shape index (κ3) is 2.24. The Morgan fingerprint density at radius 1 is 1.20 bits per heavy atom. The molecule has 0 aliphatic carbocycles. The van der Waals surface area contributed by atoms with E-state index in [9.17, 15) is 0 Å². The van der Waals surface area contributed by atoms with Gasteiger partial charge < -0.3 is 4.57 Å². The fourth-order valence-electron chi connectivity index (χ4n) is 1.59. The van der Waals surface area contributed by atoms with E-state index in [0.29, 0.717) is 5.92 Å². The van der Waals surface area contributed by atoms with Gasteiger partial charge in [-0.15, -0.1) is 10.2 Å². The Labute approximate surface area is 89.8 Å². The maximum absolute atomic E-state index is 4.15. The largest absolute Gasteiger partial charge is 0.313 e. The van der Waals surface area contributed by atoms with Crippen LogP contribution in [0.4, 0.5) is 0 Å². The predicted octanol–water partition coefficient (Wildman–Crippen LogP) is 2.60. The summed E-state index contributed by atoms with van der Waals surface area (Å²) in [4.78, 5) is 0. The molecule has 0 aliphatic rings. The summed E-state index contributed by atoms with van der Waals surface area (Å²) in [5, 5.41) is 8.12. The van der Waals surface area contributed by atoms with Crippen molar-refractivity contribution < 1.29 is 0 Å². The first kappa shape index (κ1) is 9.90. The van der Waals surface area contributed by atoms with Crippen LogP contribution in [0.3, 0.4) is 0 Å². The lowest BCUT2D eigenvalue weighted by molar-refractivity contribution is 0.525. The molecule has 2 aromatic rings. The molecule has 2 rings (SSSR count). The number of aromatic nitrogens is 3. The summed E-state index contributed by atoms with van der Waals surface area (Å²) in [6, 6.07) is 10.2. The first-order valence-corrected chi connectivity index (χ1v) is 5.20. The van der Waals surface area contributed by atoms with Crippen molar-refractivity contribution in [3.63, 3.8) is 0 Å². The van der Waals surface area contributed by atoms with Gasteiger partial charge in [0.1, 0.15) is 6.33 Å². The van der Waals surface area contributed by atoms with Crippen molar-refractivity contribution in [2.75, 3.05) is 0 Å². The van der Waals surface area contributed by atoms with Crippen LogP contribution in [0.2, 0.25) is 0 Å². The summed E-state index contributed by atoms with van der Waals surface area (Å²) in [5.74, 6) is 1.55. The summed E-state index contributed by atoms with van der Waals surface area (Å²) in [7, 11) is 0. The van der Waals surface area contributed by atoms with E-state index >= 15 is 0 Å². The molecule has 1 heterocycles. The molecule has 0 fully saturated rings. The minimum Gasteiger partial charge on any atom is -0.313 e. The molecule has 0 bridgehead atoms. The van der Waals surface area contributed by atoms with Gasteiger partial charge in [0, 0.05) is 12.1 Å². The van der Waals surface area contributed by atoms with Crippen molar-refractivity contribution >= 4 is 0 Å². The quantitative estimate of drug-likeness (QED) is 0.764. The number of benzene rings is 1. The summed E-state index contributed by atoms with van der Waals surface area (Å²) >= 11 is 0. The Morgan fingerprint density at radius 2 is 1.93 bits per heavy atom. The molecule has 1 aromatic carbocycles. The second kappa shape index (κ2) is 4.26. The summed E-state index contributed by atoms with van der Waals surface area (Å²) in [6.07, 6.45) is 1.79. The molecule has 15 heavy (non-hydrogen) atoms. The zero-order valence-electron chi connectivity index (χ0n) is 9.09. The van der Waals surface area contributed by atoms with Crippen LogP contribution in [0.25, 0.3) is 11.4 Å². The average Bonchev–Trinajstić information content (AvgIpc) is 2.66. The second-order valence-electron chi connectivity index (χ2n) is 4.07. The first-order chi connectivity index (χ1) is 7.27. The van der Waals surface area contributed by atoms with Crippen LogP contribution >= 0.6 is 0 Å². The van der Waals surface area contributed by atoms with Gasteiger partial charge in [-0.05, 0) is 5.92 Å². The third-order valence-corrected chi connectivity index (χ3v) is 2.21. The van der Waals surface area contributed by atoms with Crippen molar-refractivity contribution in [3.05, 3.63) is 36.7 Å². The highest BCUT2D eigenvalue weighted by Gasteiger charge is 2.07. The Bertz CT molecular complexity index is 417. The van der Waals surface area contributed by atoms with Gasteiger partial charge in [-0.25, -0.2) is 0 Å². The van der Waals surface area contributed by atoms with Gasteiger partial charge in [-0.1, -0.05) is 44.2 Å². The molecule has 0 amide bonds. The number of nitrogens with zero attached hydrogens (tertiary/aromatic N) is 3. The monoisotopic (exact) mass is 201 g/mol. The van der Waals surface area contributed by atoms with Gasteiger partial charge in [-0.3, -0.25) is 0 Å². The van der Waals surface area contributed by atoms with Crippen LogP contribution < -0.4 is 0 Å². The van der Waals surface area contributed by atoms with E-state index in [1.165, 1.54) is 0 Å². The lowest BCUT2D eigenvalue weighted by atomic mass is 10.2. The molecule has 0 saturated heterocycles. The predicted molar refractivity (Wildman–Crippen MR) is 60.3 cm³/mol. The van der Waals surface area contributed by atoms with E-state index in [-0.39, 0.29) is 0 Å². The van der Waals surface area contributed by atoms with Crippen molar-refractivity contribution in [2.24, 2.45) is 5.92 Å². The maximum atomic E-state index is 4.15. The van der Waals surface area contributed by atoms with E-state index in [2.05, 4.69) is 40.7 Å². The summed E-state index contributed by atoms with van der Waals surface area (Å²) in [5.41, 5.74) is 1.12. The van der Waals surface area contributed by atoms with E-state index in [1.54, 1.807) is 6.33 Å². The van der Waals surface area contributed by atoms with Gasteiger partial charge in [-0.2, -0.15) is 0 Å². The molecule has 0 spiro atoms. The van der Waals surface area contributed by atoms with Crippen molar-refractivity contribution in [1.82, 2.24) is 14.8 Å². The molecule has 0 aliphatic heterocycles. The molecule has 0 unspecified atom stereocenters. The molecule has 78 valence electrons. The number of hydrogen-bond donors (Lipinski definition) is 0. The van der Waals surface area contributed by atoms with Crippen molar-refractivity contribution in [2.45, 2.75) is 20.4 Å². The maximum Gasteiger partial charge on any atom is 0.163 e. The molecule has 0 saturated carbocycles. The highest BCUT2D eigenvalue weighted by atomic mass is 15.3. The van der Waals surface area contributed by atoms with Crippen molar-refractivity contribution in [3.8, 4) is 11.4 Å². The Balaban J connectivity index is 2.33. The fourth-order valence-corrected chi connectivity index (χ4v) is 1.59. The highest BCUT2D eigenvalue weighted by molar-refractivity contribution is 5.54. The Hall–Kier alpha value is -1.64. The zero-order chi connectivity index (χ0) is 10.7. The second-order valence-corrected chi connectivity index (χ2v) is 4.07. The molecule has 3 heteroatoms. The van der Waals surface area contributed by atoms with Crippen LogP contribution in [0.1, 0.15) is 13.8 Å².